The van der Waals surface area contributed by atoms with Gasteiger partial charge in [-0.05, 0) is 44.4 Å². The van der Waals surface area contributed by atoms with E-state index in [0.29, 0.717) is 18.9 Å². The second-order valence-corrected chi connectivity index (χ2v) is 5.14. The second kappa shape index (κ2) is 8.75. The molecule has 108 valence electrons. The van der Waals surface area contributed by atoms with Crippen molar-refractivity contribution in [3.05, 3.63) is 24.2 Å². The number of nitrogens with two attached hydrogens (primary N) is 1. The van der Waals surface area contributed by atoms with Crippen molar-refractivity contribution in [1.29, 1.82) is 0 Å². The van der Waals surface area contributed by atoms with E-state index < -0.39 is 0 Å². The van der Waals surface area contributed by atoms with E-state index in [4.69, 9.17) is 10.2 Å². The highest BCUT2D eigenvalue weighted by Crippen LogP contribution is 2.14. The van der Waals surface area contributed by atoms with E-state index in [0.717, 1.165) is 31.4 Å². The number of hydrogen-bond donors (Lipinski definition) is 2. The van der Waals surface area contributed by atoms with Crippen LogP contribution < -0.4 is 11.1 Å². The van der Waals surface area contributed by atoms with E-state index >= 15 is 0 Å². The molecule has 19 heavy (non-hydrogen) atoms. The molecule has 0 saturated heterocycles. The Morgan fingerprint density at radius 1 is 1.47 bits per heavy atom. The summed E-state index contributed by atoms with van der Waals surface area (Å²) in [7, 11) is 0. The number of nitrogens with one attached hydrogen (secondary N) is 1. The van der Waals surface area contributed by atoms with Crippen LogP contribution in [0.2, 0.25) is 0 Å². The van der Waals surface area contributed by atoms with Gasteiger partial charge in [0.25, 0.3) is 0 Å². The van der Waals surface area contributed by atoms with Gasteiger partial charge in [0, 0.05) is 18.9 Å². The number of hydrogen-bond acceptors (Lipinski definition) is 3. The van der Waals surface area contributed by atoms with Crippen molar-refractivity contribution in [3.8, 4) is 0 Å². The van der Waals surface area contributed by atoms with Crippen LogP contribution >= 0.6 is 0 Å². The van der Waals surface area contributed by atoms with Crippen molar-refractivity contribution in [2.45, 2.75) is 52.0 Å². The molecule has 1 aromatic heterocycles. The Balaban J connectivity index is 2.22. The summed E-state index contributed by atoms with van der Waals surface area (Å²) in [6.07, 6.45) is 5.99. The lowest BCUT2D eigenvalue weighted by Gasteiger charge is -2.15. The summed E-state index contributed by atoms with van der Waals surface area (Å²) in [4.78, 5) is 11.8. The van der Waals surface area contributed by atoms with E-state index in [1.54, 1.807) is 6.26 Å². The van der Waals surface area contributed by atoms with E-state index in [-0.39, 0.29) is 11.9 Å². The van der Waals surface area contributed by atoms with Crippen LogP contribution in [0.4, 0.5) is 0 Å². The van der Waals surface area contributed by atoms with Crippen LogP contribution in [-0.4, -0.2) is 18.5 Å². The van der Waals surface area contributed by atoms with Gasteiger partial charge in [0.1, 0.15) is 5.76 Å². The van der Waals surface area contributed by atoms with Crippen molar-refractivity contribution in [2.75, 3.05) is 6.54 Å². The molecule has 0 bridgehead atoms. The molecule has 0 aliphatic rings. The molecule has 1 aromatic rings. The summed E-state index contributed by atoms with van der Waals surface area (Å²) >= 11 is 0. The first-order chi connectivity index (χ1) is 9.15. The topological polar surface area (TPSA) is 68.3 Å². The first-order valence-electron chi connectivity index (χ1n) is 7.17. The fraction of sp³-hybridized carbons (Fsp3) is 0.667. The molecule has 1 heterocycles. The monoisotopic (exact) mass is 266 g/mol. The van der Waals surface area contributed by atoms with Crippen LogP contribution in [0.1, 0.15) is 45.3 Å². The first-order valence-corrected chi connectivity index (χ1v) is 7.17. The molecule has 0 aliphatic carbocycles. The summed E-state index contributed by atoms with van der Waals surface area (Å²) < 4.78 is 5.27. The number of carbonyl (C=O) groups excluding carboxylic acids is 1. The second-order valence-electron chi connectivity index (χ2n) is 5.14. The van der Waals surface area contributed by atoms with Crippen LogP contribution in [0, 0.1) is 5.92 Å². The minimum atomic E-state index is 0.105. The first kappa shape index (κ1) is 15.8. The highest BCUT2D eigenvalue weighted by molar-refractivity contribution is 5.76. The molecule has 0 aliphatic heterocycles. The molecule has 3 N–H and O–H groups in total. The SMILES string of the molecule is CCC(CCN)CCC(=O)NC(C)Cc1ccco1. The van der Waals surface area contributed by atoms with Gasteiger partial charge in [0.15, 0.2) is 0 Å². The zero-order valence-electron chi connectivity index (χ0n) is 12.0. The maximum Gasteiger partial charge on any atom is 0.220 e. The van der Waals surface area contributed by atoms with Crippen molar-refractivity contribution >= 4 is 5.91 Å². The van der Waals surface area contributed by atoms with Gasteiger partial charge in [-0.25, -0.2) is 0 Å². The van der Waals surface area contributed by atoms with Crippen molar-refractivity contribution < 1.29 is 9.21 Å². The van der Waals surface area contributed by atoms with Crippen LogP contribution in [0.15, 0.2) is 22.8 Å². The molecule has 2 unspecified atom stereocenters. The third-order valence-electron chi connectivity index (χ3n) is 3.43. The van der Waals surface area contributed by atoms with Crippen LogP contribution in [0.3, 0.4) is 0 Å². The van der Waals surface area contributed by atoms with Gasteiger partial charge in [-0.15, -0.1) is 0 Å². The average molecular weight is 266 g/mol. The minimum Gasteiger partial charge on any atom is -0.469 e. The number of furan rings is 1. The number of amides is 1. The third kappa shape index (κ3) is 6.43. The largest absolute Gasteiger partial charge is 0.469 e. The maximum absolute atomic E-state index is 11.8. The van der Waals surface area contributed by atoms with E-state index in [1.807, 2.05) is 19.1 Å². The lowest BCUT2D eigenvalue weighted by atomic mass is 9.96. The number of carbonyl (C=O) groups is 1. The minimum absolute atomic E-state index is 0.105. The van der Waals surface area contributed by atoms with Crippen LogP contribution in [-0.2, 0) is 11.2 Å². The van der Waals surface area contributed by atoms with Gasteiger partial charge >= 0.3 is 0 Å². The lowest BCUT2D eigenvalue weighted by Crippen LogP contribution is -2.34. The van der Waals surface area contributed by atoms with E-state index in [2.05, 4.69) is 12.2 Å². The Labute approximate surface area is 115 Å². The Morgan fingerprint density at radius 3 is 2.84 bits per heavy atom. The highest BCUT2D eigenvalue weighted by atomic mass is 16.3. The molecule has 0 radical (unpaired) electrons. The molecular formula is C15H26N2O2. The zero-order valence-corrected chi connectivity index (χ0v) is 12.0. The predicted octanol–water partition coefficient (Wildman–Crippen LogP) is 2.48. The van der Waals surface area contributed by atoms with Crippen molar-refractivity contribution in [3.63, 3.8) is 0 Å². The van der Waals surface area contributed by atoms with Gasteiger partial charge < -0.3 is 15.5 Å². The summed E-state index contributed by atoms with van der Waals surface area (Å²) in [5.74, 6) is 1.59. The predicted molar refractivity (Wildman–Crippen MR) is 76.7 cm³/mol. The van der Waals surface area contributed by atoms with E-state index in [9.17, 15) is 4.79 Å². The standard InChI is InChI=1S/C15H26N2O2/c1-3-13(8-9-16)6-7-15(18)17-12(2)11-14-5-4-10-19-14/h4-5,10,12-13H,3,6-9,11,16H2,1-2H3,(H,17,18). The Bertz CT molecular complexity index is 349. The normalized spacial score (nSPS) is 14.1. The summed E-state index contributed by atoms with van der Waals surface area (Å²) in [5.41, 5.74) is 5.56. The molecule has 0 aromatic carbocycles. The van der Waals surface area contributed by atoms with Gasteiger partial charge in [0.05, 0.1) is 6.26 Å². The highest BCUT2D eigenvalue weighted by Gasteiger charge is 2.12. The fourth-order valence-corrected chi connectivity index (χ4v) is 2.25. The molecule has 0 fully saturated rings. The molecule has 2 atom stereocenters. The Hall–Kier alpha value is -1.29. The number of rotatable bonds is 9. The quantitative estimate of drug-likeness (QED) is 0.721. The van der Waals surface area contributed by atoms with Gasteiger partial charge in [0.2, 0.25) is 5.91 Å². The molecule has 4 nitrogen and oxygen atoms in total. The van der Waals surface area contributed by atoms with Gasteiger partial charge in [-0.1, -0.05) is 13.3 Å². The third-order valence-corrected chi connectivity index (χ3v) is 3.43. The fourth-order valence-electron chi connectivity index (χ4n) is 2.25. The summed E-state index contributed by atoms with van der Waals surface area (Å²) in [6, 6.07) is 3.90. The zero-order chi connectivity index (χ0) is 14.1. The van der Waals surface area contributed by atoms with Gasteiger partial charge in [-0.2, -0.15) is 0 Å². The summed E-state index contributed by atoms with van der Waals surface area (Å²) in [5, 5.41) is 3.01. The average Bonchev–Trinajstić information content (AvgIpc) is 2.86. The summed E-state index contributed by atoms with van der Waals surface area (Å²) in [6.45, 7) is 4.85. The molecule has 1 rings (SSSR count). The van der Waals surface area contributed by atoms with E-state index in [1.165, 1.54) is 0 Å². The Morgan fingerprint density at radius 2 is 2.26 bits per heavy atom. The van der Waals surface area contributed by atoms with Crippen molar-refractivity contribution in [1.82, 2.24) is 5.32 Å². The smallest absolute Gasteiger partial charge is 0.220 e. The Kier molecular flexibility index (Phi) is 7.26. The molecule has 0 saturated carbocycles. The molecule has 1 amide bonds. The molecule has 0 spiro atoms. The molecule has 4 heteroatoms. The lowest BCUT2D eigenvalue weighted by molar-refractivity contribution is -0.122. The van der Waals surface area contributed by atoms with Crippen molar-refractivity contribution in [2.24, 2.45) is 11.7 Å². The van der Waals surface area contributed by atoms with Crippen LogP contribution in [0.5, 0.6) is 0 Å². The van der Waals surface area contributed by atoms with Crippen LogP contribution in [0.25, 0.3) is 0 Å². The molecular weight excluding hydrogens is 240 g/mol. The van der Waals surface area contributed by atoms with Gasteiger partial charge in [-0.3, -0.25) is 4.79 Å². The maximum atomic E-state index is 11.8.